The van der Waals surface area contributed by atoms with E-state index in [0.717, 1.165) is 12.8 Å². The van der Waals surface area contributed by atoms with Crippen molar-refractivity contribution >= 4 is 5.97 Å². The highest BCUT2D eigenvalue weighted by Crippen LogP contribution is 2.13. The third-order valence-electron chi connectivity index (χ3n) is 3.57. The lowest BCUT2D eigenvalue weighted by Crippen LogP contribution is -2.07. The fourth-order valence-corrected chi connectivity index (χ4v) is 2.32. The van der Waals surface area contributed by atoms with E-state index in [1.807, 2.05) is 0 Å². The molecule has 114 valence electrons. The zero-order chi connectivity index (χ0) is 14.3. The molecule has 0 spiro atoms. The average Bonchev–Trinajstić information content (AvgIpc) is 2.36. The van der Waals surface area contributed by atoms with E-state index in [1.54, 1.807) is 0 Å². The van der Waals surface area contributed by atoms with Crippen LogP contribution < -0.4 is 0 Å². The Balaban J connectivity index is 3.14. The number of aliphatic hydroxyl groups excluding tert-OH is 1. The Morgan fingerprint density at radius 2 is 1.32 bits per heavy atom. The van der Waals surface area contributed by atoms with Crippen LogP contribution in [0.25, 0.3) is 0 Å². The summed E-state index contributed by atoms with van der Waals surface area (Å²) in [5.74, 6) is -0.768. The van der Waals surface area contributed by atoms with Gasteiger partial charge in [-0.2, -0.15) is 0 Å². The van der Waals surface area contributed by atoms with Gasteiger partial charge in [0.05, 0.1) is 6.10 Å². The Hall–Kier alpha value is -0.570. The number of unbranched alkanes of at least 4 members (excludes halogenated alkanes) is 8. The van der Waals surface area contributed by atoms with Crippen LogP contribution >= 0.6 is 0 Å². The summed E-state index contributed by atoms with van der Waals surface area (Å²) in [5, 5.41) is 18.2. The van der Waals surface area contributed by atoms with Crippen LogP contribution in [0.1, 0.15) is 90.4 Å². The third-order valence-corrected chi connectivity index (χ3v) is 3.57. The molecule has 0 saturated carbocycles. The Morgan fingerprint density at radius 1 is 0.842 bits per heavy atom. The molecule has 0 aliphatic carbocycles. The molecule has 0 fully saturated rings. The maximum atomic E-state index is 10.3. The fraction of sp³-hybridized carbons (Fsp3) is 0.938. The number of hydrogen-bond acceptors (Lipinski definition) is 2. The Morgan fingerprint density at radius 3 is 1.84 bits per heavy atom. The Kier molecular flexibility index (Phi) is 13.4. The SMILES string of the molecule is CCCCCCCCCCCC(O)CCCC(=O)O. The zero-order valence-corrected chi connectivity index (χ0v) is 12.6. The predicted molar refractivity (Wildman–Crippen MR) is 79.3 cm³/mol. The molecule has 0 saturated heterocycles. The summed E-state index contributed by atoms with van der Waals surface area (Å²) < 4.78 is 0. The molecule has 2 N–H and O–H groups in total. The summed E-state index contributed by atoms with van der Waals surface area (Å²) in [6.45, 7) is 2.24. The van der Waals surface area contributed by atoms with Crippen LogP contribution in [0.4, 0.5) is 0 Å². The molecular formula is C16H32O3. The van der Waals surface area contributed by atoms with E-state index in [1.165, 1.54) is 51.4 Å². The minimum Gasteiger partial charge on any atom is -0.481 e. The molecule has 0 aromatic heterocycles. The van der Waals surface area contributed by atoms with Gasteiger partial charge in [0.2, 0.25) is 0 Å². The van der Waals surface area contributed by atoms with E-state index in [-0.39, 0.29) is 12.5 Å². The third kappa shape index (κ3) is 15.4. The molecule has 1 atom stereocenters. The van der Waals surface area contributed by atoms with Crippen molar-refractivity contribution in [3.63, 3.8) is 0 Å². The predicted octanol–water partition coefficient (Wildman–Crippen LogP) is 4.52. The number of rotatable bonds is 14. The fourth-order valence-electron chi connectivity index (χ4n) is 2.32. The van der Waals surface area contributed by atoms with E-state index in [2.05, 4.69) is 6.92 Å². The van der Waals surface area contributed by atoms with Crippen LogP contribution in [0.15, 0.2) is 0 Å². The summed E-state index contributed by atoms with van der Waals surface area (Å²) in [6, 6.07) is 0. The van der Waals surface area contributed by atoms with Crippen molar-refractivity contribution in [2.45, 2.75) is 96.5 Å². The van der Waals surface area contributed by atoms with Crippen LogP contribution in [0, 0.1) is 0 Å². The first-order valence-electron chi connectivity index (χ1n) is 8.06. The minimum atomic E-state index is -0.768. The van der Waals surface area contributed by atoms with E-state index in [9.17, 15) is 9.90 Å². The maximum absolute atomic E-state index is 10.3. The molecule has 0 bridgehead atoms. The molecule has 3 nitrogen and oxygen atoms in total. The number of carboxylic acids is 1. The quantitative estimate of drug-likeness (QED) is 0.457. The molecule has 0 heterocycles. The van der Waals surface area contributed by atoms with Gasteiger partial charge in [-0.3, -0.25) is 4.79 Å². The van der Waals surface area contributed by atoms with Gasteiger partial charge in [-0.25, -0.2) is 0 Å². The molecule has 0 aromatic rings. The van der Waals surface area contributed by atoms with Crippen molar-refractivity contribution in [3.8, 4) is 0 Å². The normalized spacial score (nSPS) is 12.5. The second kappa shape index (κ2) is 13.9. The summed E-state index contributed by atoms with van der Waals surface area (Å²) in [5.41, 5.74) is 0. The van der Waals surface area contributed by atoms with Crippen molar-refractivity contribution in [1.29, 1.82) is 0 Å². The first-order valence-corrected chi connectivity index (χ1v) is 8.06. The Labute approximate surface area is 118 Å². The smallest absolute Gasteiger partial charge is 0.303 e. The highest BCUT2D eigenvalue weighted by Gasteiger charge is 2.05. The summed E-state index contributed by atoms with van der Waals surface area (Å²) in [6.07, 6.45) is 13.5. The van der Waals surface area contributed by atoms with Gasteiger partial charge in [0.15, 0.2) is 0 Å². The number of aliphatic carboxylic acids is 1. The molecule has 0 radical (unpaired) electrons. The van der Waals surface area contributed by atoms with Crippen molar-refractivity contribution in [1.82, 2.24) is 0 Å². The van der Waals surface area contributed by atoms with Crippen molar-refractivity contribution < 1.29 is 15.0 Å². The van der Waals surface area contributed by atoms with Gasteiger partial charge in [-0.05, 0) is 19.3 Å². The molecule has 0 rings (SSSR count). The largest absolute Gasteiger partial charge is 0.481 e. The van der Waals surface area contributed by atoms with Gasteiger partial charge in [0.1, 0.15) is 0 Å². The molecule has 1 unspecified atom stereocenters. The molecule has 0 aliphatic heterocycles. The Bertz CT molecular complexity index is 204. The molecule has 0 aromatic carbocycles. The lowest BCUT2D eigenvalue weighted by molar-refractivity contribution is -0.137. The number of aliphatic hydroxyl groups is 1. The first-order chi connectivity index (χ1) is 9.16. The van der Waals surface area contributed by atoms with E-state index >= 15 is 0 Å². The lowest BCUT2D eigenvalue weighted by atomic mass is 10.0. The molecule has 0 amide bonds. The highest BCUT2D eigenvalue weighted by atomic mass is 16.4. The standard InChI is InChI=1S/C16H32O3/c1-2-3-4-5-6-7-8-9-10-12-15(17)13-11-14-16(18)19/h15,17H,2-14H2,1H3,(H,18,19). The number of hydrogen-bond donors (Lipinski definition) is 2. The maximum Gasteiger partial charge on any atom is 0.303 e. The topological polar surface area (TPSA) is 57.5 Å². The monoisotopic (exact) mass is 272 g/mol. The summed E-state index contributed by atoms with van der Waals surface area (Å²) in [4.78, 5) is 10.3. The highest BCUT2D eigenvalue weighted by molar-refractivity contribution is 5.66. The molecule has 3 heteroatoms. The van der Waals surface area contributed by atoms with Gasteiger partial charge in [0.25, 0.3) is 0 Å². The van der Waals surface area contributed by atoms with E-state index < -0.39 is 5.97 Å². The lowest BCUT2D eigenvalue weighted by Gasteiger charge is -2.09. The summed E-state index contributed by atoms with van der Waals surface area (Å²) in [7, 11) is 0. The van der Waals surface area contributed by atoms with Gasteiger partial charge in [-0.15, -0.1) is 0 Å². The minimum absolute atomic E-state index is 0.175. The van der Waals surface area contributed by atoms with Crippen LogP contribution in [0.3, 0.4) is 0 Å². The average molecular weight is 272 g/mol. The number of carboxylic acid groups (broad SMARTS) is 1. The van der Waals surface area contributed by atoms with Crippen LogP contribution in [0.5, 0.6) is 0 Å². The van der Waals surface area contributed by atoms with Crippen LogP contribution in [-0.2, 0) is 4.79 Å². The van der Waals surface area contributed by atoms with Crippen LogP contribution in [0.2, 0.25) is 0 Å². The number of carbonyl (C=O) groups is 1. The molecular weight excluding hydrogens is 240 g/mol. The summed E-state index contributed by atoms with van der Waals surface area (Å²) >= 11 is 0. The van der Waals surface area contributed by atoms with Gasteiger partial charge >= 0.3 is 5.97 Å². The van der Waals surface area contributed by atoms with Gasteiger partial charge in [-0.1, -0.05) is 64.7 Å². The first kappa shape index (κ1) is 18.4. The second-order valence-electron chi connectivity index (χ2n) is 5.56. The van der Waals surface area contributed by atoms with E-state index in [0.29, 0.717) is 12.8 Å². The van der Waals surface area contributed by atoms with Crippen molar-refractivity contribution in [3.05, 3.63) is 0 Å². The van der Waals surface area contributed by atoms with Crippen molar-refractivity contribution in [2.75, 3.05) is 0 Å². The molecule has 19 heavy (non-hydrogen) atoms. The van der Waals surface area contributed by atoms with E-state index in [4.69, 9.17) is 5.11 Å². The zero-order valence-electron chi connectivity index (χ0n) is 12.6. The van der Waals surface area contributed by atoms with Crippen molar-refractivity contribution in [2.24, 2.45) is 0 Å². The van der Waals surface area contributed by atoms with Crippen LogP contribution in [-0.4, -0.2) is 22.3 Å². The second-order valence-corrected chi connectivity index (χ2v) is 5.56. The van der Waals surface area contributed by atoms with Gasteiger partial charge in [0, 0.05) is 6.42 Å². The molecule has 0 aliphatic rings. The van der Waals surface area contributed by atoms with Gasteiger partial charge < -0.3 is 10.2 Å².